The molecule has 2 N–H and O–H groups in total. The molecule has 3 heteroatoms. The van der Waals surface area contributed by atoms with Crippen molar-refractivity contribution in [1.29, 1.82) is 0 Å². The first-order valence-corrected chi connectivity index (χ1v) is 6.43. The van der Waals surface area contributed by atoms with E-state index in [9.17, 15) is 0 Å². The van der Waals surface area contributed by atoms with Gasteiger partial charge in [-0.05, 0) is 23.3 Å². The topological polar surface area (TPSA) is 44.5 Å². The Hall–Kier alpha value is -2.00. The number of hydrogen-bond donors (Lipinski definition) is 1. The van der Waals surface area contributed by atoms with Crippen LogP contribution in [0.4, 0.5) is 0 Å². The Labute approximate surface area is 113 Å². The molecule has 0 radical (unpaired) electrons. The van der Waals surface area contributed by atoms with E-state index in [1.165, 1.54) is 5.56 Å². The maximum Gasteiger partial charge on any atom is 0.127 e. The van der Waals surface area contributed by atoms with Crippen LogP contribution in [0.15, 0.2) is 42.5 Å². The summed E-state index contributed by atoms with van der Waals surface area (Å²) in [5, 5.41) is 0. The Morgan fingerprint density at radius 3 is 2.89 bits per heavy atom. The standard InChI is InChI=1S/C16H17NO2/c1-18-13-6-2-5-12(10-13)15(17)14-7-3-4-11-8-9-19-16(11)14/h2-7,10,15H,8-9,17H2,1H3. The molecular weight excluding hydrogens is 238 g/mol. The molecule has 3 nitrogen and oxygen atoms in total. The lowest BCUT2D eigenvalue weighted by atomic mass is 9.96. The minimum atomic E-state index is -0.192. The van der Waals surface area contributed by atoms with Crippen molar-refractivity contribution in [3.63, 3.8) is 0 Å². The third kappa shape index (κ3) is 2.17. The molecule has 0 spiro atoms. The number of ether oxygens (including phenoxy) is 2. The molecule has 1 aliphatic heterocycles. The first-order chi connectivity index (χ1) is 9.29. The molecule has 0 bridgehead atoms. The average molecular weight is 255 g/mol. The second kappa shape index (κ2) is 4.94. The molecule has 0 amide bonds. The van der Waals surface area contributed by atoms with Gasteiger partial charge in [-0.3, -0.25) is 0 Å². The van der Waals surface area contributed by atoms with Crippen LogP contribution in [-0.4, -0.2) is 13.7 Å². The first kappa shape index (κ1) is 12.1. The van der Waals surface area contributed by atoms with E-state index in [0.29, 0.717) is 0 Å². The van der Waals surface area contributed by atoms with E-state index in [1.54, 1.807) is 7.11 Å². The van der Waals surface area contributed by atoms with E-state index in [-0.39, 0.29) is 6.04 Å². The smallest absolute Gasteiger partial charge is 0.127 e. The van der Waals surface area contributed by atoms with Crippen molar-refractivity contribution in [3.8, 4) is 11.5 Å². The number of hydrogen-bond acceptors (Lipinski definition) is 3. The van der Waals surface area contributed by atoms with Crippen LogP contribution in [0.5, 0.6) is 11.5 Å². The third-order valence-electron chi connectivity index (χ3n) is 3.53. The Morgan fingerprint density at radius 2 is 2.05 bits per heavy atom. The second-order valence-electron chi connectivity index (χ2n) is 4.69. The molecule has 0 fully saturated rings. The van der Waals surface area contributed by atoms with Gasteiger partial charge in [0, 0.05) is 12.0 Å². The molecule has 1 heterocycles. The summed E-state index contributed by atoms with van der Waals surface area (Å²) >= 11 is 0. The van der Waals surface area contributed by atoms with E-state index < -0.39 is 0 Å². The number of rotatable bonds is 3. The monoisotopic (exact) mass is 255 g/mol. The molecule has 3 rings (SSSR count). The van der Waals surface area contributed by atoms with Gasteiger partial charge in [-0.15, -0.1) is 0 Å². The summed E-state index contributed by atoms with van der Waals surface area (Å²) in [5.41, 5.74) is 9.70. The lowest BCUT2D eigenvalue weighted by molar-refractivity contribution is 0.352. The van der Waals surface area contributed by atoms with Crippen LogP contribution in [0.1, 0.15) is 22.7 Å². The van der Waals surface area contributed by atoms with Crippen LogP contribution in [0.2, 0.25) is 0 Å². The maximum atomic E-state index is 6.38. The molecule has 98 valence electrons. The number of nitrogens with two attached hydrogens (primary N) is 1. The molecule has 0 aromatic heterocycles. The number of para-hydroxylation sites is 1. The van der Waals surface area contributed by atoms with Gasteiger partial charge in [-0.25, -0.2) is 0 Å². The highest BCUT2D eigenvalue weighted by Gasteiger charge is 2.20. The van der Waals surface area contributed by atoms with Gasteiger partial charge in [0.15, 0.2) is 0 Å². The van der Waals surface area contributed by atoms with Crippen LogP contribution in [0.25, 0.3) is 0 Å². The number of benzene rings is 2. The molecule has 1 unspecified atom stereocenters. The lowest BCUT2D eigenvalue weighted by Gasteiger charge is -2.16. The molecule has 19 heavy (non-hydrogen) atoms. The van der Waals surface area contributed by atoms with Crippen molar-refractivity contribution < 1.29 is 9.47 Å². The third-order valence-corrected chi connectivity index (χ3v) is 3.53. The van der Waals surface area contributed by atoms with Gasteiger partial charge in [-0.1, -0.05) is 30.3 Å². The molecule has 0 saturated carbocycles. The largest absolute Gasteiger partial charge is 0.497 e. The summed E-state index contributed by atoms with van der Waals surface area (Å²) in [5.74, 6) is 1.78. The maximum absolute atomic E-state index is 6.38. The van der Waals surface area contributed by atoms with E-state index >= 15 is 0 Å². The van der Waals surface area contributed by atoms with Crippen LogP contribution in [0.3, 0.4) is 0 Å². The molecule has 1 atom stereocenters. The van der Waals surface area contributed by atoms with E-state index in [1.807, 2.05) is 36.4 Å². The van der Waals surface area contributed by atoms with Crippen molar-refractivity contribution in [1.82, 2.24) is 0 Å². The van der Waals surface area contributed by atoms with Gasteiger partial charge in [0.2, 0.25) is 0 Å². The quantitative estimate of drug-likeness (QED) is 0.917. The van der Waals surface area contributed by atoms with Crippen molar-refractivity contribution in [2.24, 2.45) is 5.73 Å². The van der Waals surface area contributed by atoms with E-state index in [4.69, 9.17) is 15.2 Å². The van der Waals surface area contributed by atoms with Gasteiger partial charge < -0.3 is 15.2 Å². The van der Waals surface area contributed by atoms with Crippen LogP contribution < -0.4 is 15.2 Å². The lowest BCUT2D eigenvalue weighted by Crippen LogP contribution is -2.13. The highest BCUT2D eigenvalue weighted by molar-refractivity contribution is 5.49. The Kier molecular flexibility index (Phi) is 3.13. The minimum Gasteiger partial charge on any atom is -0.497 e. The molecule has 0 saturated heterocycles. The Balaban J connectivity index is 2.00. The highest BCUT2D eigenvalue weighted by atomic mass is 16.5. The van der Waals surface area contributed by atoms with Gasteiger partial charge in [0.25, 0.3) is 0 Å². The van der Waals surface area contributed by atoms with Gasteiger partial charge in [-0.2, -0.15) is 0 Å². The molecule has 0 aliphatic carbocycles. The summed E-state index contributed by atoms with van der Waals surface area (Å²) in [6.45, 7) is 0.747. The fraction of sp³-hybridized carbons (Fsp3) is 0.250. The van der Waals surface area contributed by atoms with Crippen LogP contribution >= 0.6 is 0 Å². The summed E-state index contributed by atoms with van der Waals surface area (Å²) in [7, 11) is 1.66. The molecule has 2 aromatic carbocycles. The average Bonchev–Trinajstić information content (AvgIpc) is 2.95. The Bertz CT molecular complexity index is 595. The fourth-order valence-electron chi connectivity index (χ4n) is 2.50. The zero-order valence-electron chi connectivity index (χ0n) is 10.9. The van der Waals surface area contributed by atoms with Crippen molar-refractivity contribution in [2.75, 3.05) is 13.7 Å². The number of methoxy groups -OCH3 is 1. The van der Waals surface area contributed by atoms with Gasteiger partial charge >= 0.3 is 0 Å². The predicted molar refractivity (Wildman–Crippen MR) is 74.7 cm³/mol. The fourth-order valence-corrected chi connectivity index (χ4v) is 2.50. The minimum absolute atomic E-state index is 0.192. The number of fused-ring (bicyclic) bond motifs is 1. The zero-order chi connectivity index (χ0) is 13.2. The second-order valence-corrected chi connectivity index (χ2v) is 4.69. The van der Waals surface area contributed by atoms with Crippen molar-refractivity contribution >= 4 is 0 Å². The molecule has 2 aromatic rings. The molecular formula is C16H17NO2. The predicted octanol–water partition coefficient (Wildman–Crippen LogP) is 2.68. The van der Waals surface area contributed by atoms with Gasteiger partial charge in [0.05, 0.1) is 19.8 Å². The van der Waals surface area contributed by atoms with Crippen molar-refractivity contribution in [2.45, 2.75) is 12.5 Å². The van der Waals surface area contributed by atoms with Crippen molar-refractivity contribution in [3.05, 3.63) is 59.2 Å². The van der Waals surface area contributed by atoms with Gasteiger partial charge in [0.1, 0.15) is 11.5 Å². The molecule has 1 aliphatic rings. The summed E-state index contributed by atoms with van der Waals surface area (Å²) < 4.78 is 11.0. The summed E-state index contributed by atoms with van der Waals surface area (Å²) in [6.07, 6.45) is 0.966. The summed E-state index contributed by atoms with van der Waals surface area (Å²) in [4.78, 5) is 0. The summed E-state index contributed by atoms with van der Waals surface area (Å²) in [6, 6.07) is 13.9. The van der Waals surface area contributed by atoms with Crippen LogP contribution in [0, 0.1) is 0 Å². The van der Waals surface area contributed by atoms with E-state index in [0.717, 1.165) is 35.7 Å². The first-order valence-electron chi connectivity index (χ1n) is 6.43. The highest BCUT2D eigenvalue weighted by Crippen LogP contribution is 2.35. The normalized spacial score (nSPS) is 14.6. The zero-order valence-corrected chi connectivity index (χ0v) is 10.9. The SMILES string of the molecule is COc1cccc(C(N)c2cccc3c2OCC3)c1. The van der Waals surface area contributed by atoms with E-state index in [2.05, 4.69) is 6.07 Å². The Morgan fingerprint density at radius 1 is 1.21 bits per heavy atom. The van der Waals surface area contributed by atoms with Crippen LogP contribution in [-0.2, 0) is 6.42 Å².